The normalized spacial score (nSPS) is 12.3. The van der Waals surface area contributed by atoms with Gasteiger partial charge in [0.05, 0.1) is 22.9 Å². The van der Waals surface area contributed by atoms with Crippen LogP contribution in [0.5, 0.6) is 0 Å². The highest BCUT2D eigenvalue weighted by Gasteiger charge is 2.15. The van der Waals surface area contributed by atoms with Crippen molar-refractivity contribution in [2.24, 2.45) is 0 Å². The van der Waals surface area contributed by atoms with Crippen molar-refractivity contribution in [3.8, 4) is 0 Å². The van der Waals surface area contributed by atoms with Crippen LogP contribution in [-0.2, 0) is 11.2 Å². The summed E-state index contributed by atoms with van der Waals surface area (Å²) >= 11 is 1.67. The van der Waals surface area contributed by atoms with Crippen LogP contribution in [0.3, 0.4) is 0 Å². The number of aryl methyl sites for hydroxylation is 3. The molecule has 20 heavy (non-hydrogen) atoms. The van der Waals surface area contributed by atoms with Gasteiger partial charge in [0.15, 0.2) is 0 Å². The van der Waals surface area contributed by atoms with E-state index >= 15 is 0 Å². The molecule has 0 aliphatic carbocycles. The lowest BCUT2D eigenvalue weighted by atomic mass is 10.1. The van der Waals surface area contributed by atoms with Crippen LogP contribution in [-0.4, -0.2) is 21.1 Å². The summed E-state index contributed by atoms with van der Waals surface area (Å²) < 4.78 is 0. The first-order chi connectivity index (χ1) is 9.56. The zero-order chi connectivity index (χ0) is 14.5. The summed E-state index contributed by atoms with van der Waals surface area (Å²) in [7, 11) is 0. The van der Waals surface area contributed by atoms with E-state index in [0.29, 0.717) is 6.42 Å². The second-order valence-corrected chi connectivity index (χ2v) is 6.33. The Bertz CT molecular complexity index is 562. The molecule has 0 radical (unpaired) electrons. The van der Waals surface area contributed by atoms with Crippen LogP contribution in [0.1, 0.15) is 46.9 Å². The van der Waals surface area contributed by atoms with Gasteiger partial charge in [0, 0.05) is 17.5 Å². The largest absolute Gasteiger partial charge is 0.348 e. The third-order valence-corrected chi connectivity index (χ3v) is 4.05. The Balaban J connectivity index is 1.77. The van der Waals surface area contributed by atoms with Gasteiger partial charge >= 0.3 is 0 Å². The molecule has 0 saturated carbocycles. The number of thiazole rings is 1. The molecular formula is C14H20N4OS. The van der Waals surface area contributed by atoms with Gasteiger partial charge in [0.1, 0.15) is 0 Å². The van der Waals surface area contributed by atoms with Gasteiger partial charge in [-0.3, -0.25) is 9.89 Å². The van der Waals surface area contributed by atoms with E-state index in [2.05, 4.69) is 20.5 Å². The topological polar surface area (TPSA) is 70.7 Å². The van der Waals surface area contributed by atoms with E-state index in [1.807, 2.05) is 27.0 Å². The Kier molecular flexibility index (Phi) is 4.89. The Morgan fingerprint density at radius 3 is 2.90 bits per heavy atom. The predicted molar refractivity (Wildman–Crippen MR) is 79.7 cm³/mol. The molecule has 0 saturated heterocycles. The van der Waals surface area contributed by atoms with Crippen molar-refractivity contribution in [1.29, 1.82) is 0 Å². The molecule has 1 atom stereocenters. The number of nitrogens with one attached hydrogen (secondary N) is 2. The molecule has 0 aliphatic heterocycles. The maximum atomic E-state index is 11.9. The number of hydrogen-bond donors (Lipinski definition) is 2. The van der Waals surface area contributed by atoms with Crippen molar-refractivity contribution < 1.29 is 4.79 Å². The molecular weight excluding hydrogens is 272 g/mol. The average molecular weight is 292 g/mol. The van der Waals surface area contributed by atoms with Gasteiger partial charge in [0.25, 0.3) is 0 Å². The van der Waals surface area contributed by atoms with Crippen molar-refractivity contribution in [3.05, 3.63) is 33.5 Å². The summed E-state index contributed by atoms with van der Waals surface area (Å²) in [6.07, 6.45) is 5.88. The van der Waals surface area contributed by atoms with E-state index in [0.717, 1.165) is 29.1 Å². The van der Waals surface area contributed by atoms with Crippen LogP contribution in [0.4, 0.5) is 0 Å². The van der Waals surface area contributed by atoms with E-state index in [9.17, 15) is 4.79 Å². The van der Waals surface area contributed by atoms with E-state index in [1.165, 1.54) is 4.88 Å². The summed E-state index contributed by atoms with van der Waals surface area (Å²) in [5.74, 6) is 0.0750. The third kappa shape index (κ3) is 3.90. The molecule has 0 fully saturated rings. The number of rotatable bonds is 6. The molecule has 2 rings (SSSR count). The number of amides is 1. The van der Waals surface area contributed by atoms with Crippen LogP contribution >= 0.6 is 11.3 Å². The van der Waals surface area contributed by atoms with Crippen LogP contribution in [0.2, 0.25) is 0 Å². The monoisotopic (exact) mass is 292 g/mol. The summed E-state index contributed by atoms with van der Waals surface area (Å²) in [5.41, 5.74) is 2.12. The van der Waals surface area contributed by atoms with Crippen LogP contribution < -0.4 is 5.32 Å². The molecule has 2 aromatic rings. The van der Waals surface area contributed by atoms with E-state index in [-0.39, 0.29) is 11.9 Å². The molecule has 0 aliphatic rings. The van der Waals surface area contributed by atoms with Crippen molar-refractivity contribution in [2.75, 3.05) is 0 Å². The Morgan fingerprint density at radius 2 is 2.30 bits per heavy atom. The number of aromatic nitrogens is 3. The molecule has 0 aromatic carbocycles. The number of carbonyl (C=O) groups is 1. The van der Waals surface area contributed by atoms with Gasteiger partial charge < -0.3 is 5.32 Å². The lowest BCUT2D eigenvalue weighted by Gasteiger charge is -2.12. The van der Waals surface area contributed by atoms with Gasteiger partial charge in [-0.25, -0.2) is 4.98 Å². The lowest BCUT2D eigenvalue weighted by Crippen LogP contribution is -2.27. The quantitative estimate of drug-likeness (QED) is 0.860. The molecule has 2 heterocycles. The zero-order valence-corrected chi connectivity index (χ0v) is 12.9. The Labute approximate surface area is 122 Å². The number of aromatic amines is 1. The second kappa shape index (κ2) is 6.65. The van der Waals surface area contributed by atoms with E-state index in [4.69, 9.17) is 0 Å². The van der Waals surface area contributed by atoms with Crippen LogP contribution in [0, 0.1) is 13.8 Å². The van der Waals surface area contributed by atoms with Crippen molar-refractivity contribution in [2.45, 2.75) is 46.1 Å². The van der Waals surface area contributed by atoms with E-state index < -0.39 is 0 Å². The van der Waals surface area contributed by atoms with Gasteiger partial charge in [-0.15, -0.1) is 11.3 Å². The maximum absolute atomic E-state index is 11.9. The zero-order valence-electron chi connectivity index (χ0n) is 12.1. The van der Waals surface area contributed by atoms with Crippen molar-refractivity contribution in [1.82, 2.24) is 20.5 Å². The molecule has 6 heteroatoms. The lowest BCUT2D eigenvalue weighted by molar-refractivity contribution is -0.121. The average Bonchev–Trinajstić information content (AvgIpc) is 2.99. The van der Waals surface area contributed by atoms with Gasteiger partial charge in [-0.1, -0.05) is 0 Å². The fraction of sp³-hybridized carbons (Fsp3) is 0.500. The van der Waals surface area contributed by atoms with Crippen molar-refractivity contribution >= 4 is 17.2 Å². The molecule has 0 bridgehead atoms. The van der Waals surface area contributed by atoms with E-state index in [1.54, 1.807) is 17.5 Å². The molecule has 1 amide bonds. The summed E-state index contributed by atoms with van der Waals surface area (Å²) in [6.45, 7) is 6.01. The molecule has 2 aromatic heterocycles. The smallest absolute Gasteiger partial charge is 0.220 e. The second-order valence-electron chi connectivity index (χ2n) is 4.92. The summed E-state index contributed by atoms with van der Waals surface area (Å²) in [5, 5.41) is 10.7. The maximum Gasteiger partial charge on any atom is 0.220 e. The SMILES string of the molecule is Cc1nc(C(C)NC(=O)CCCc2cn[nH]c2)c(C)s1. The van der Waals surface area contributed by atoms with Gasteiger partial charge in [0.2, 0.25) is 5.91 Å². The van der Waals surface area contributed by atoms with Crippen LogP contribution in [0.15, 0.2) is 12.4 Å². The number of carbonyl (C=O) groups excluding carboxylic acids is 1. The van der Waals surface area contributed by atoms with Crippen molar-refractivity contribution in [3.63, 3.8) is 0 Å². The molecule has 5 nitrogen and oxygen atoms in total. The molecule has 0 spiro atoms. The first-order valence-electron chi connectivity index (χ1n) is 6.77. The number of nitrogens with zero attached hydrogens (tertiary/aromatic N) is 2. The predicted octanol–water partition coefficient (Wildman–Crippen LogP) is 2.68. The minimum atomic E-state index is -0.0265. The van der Waals surface area contributed by atoms with Gasteiger partial charge in [-0.05, 0) is 39.2 Å². The van der Waals surface area contributed by atoms with Gasteiger partial charge in [-0.2, -0.15) is 5.10 Å². The fourth-order valence-corrected chi connectivity index (χ4v) is 3.11. The highest BCUT2D eigenvalue weighted by Crippen LogP contribution is 2.22. The highest BCUT2D eigenvalue weighted by molar-refractivity contribution is 7.11. The minimum Gasteiger partial charge on any atom is -0.348 e. The molecule has 2 N–H and O–H groups in total. The first-order valence-corrected chi connectivity index (χ1v) is 7.59. The summed E-state index contributed by atoms with van der Waals surface area (Å²) in [4.78, 5) is 17.6. The van der Waals surface area contributed by atoms with Crippen LogP contribution in [0.25, 0.3) is 0 Å². The third-order valence-electron chi connectivity index (χ3n) is 3.15. The first kappa shape index (κ1) is 14.7. The highest BCUT2D eigenvalue weighted by atomic mass is 32.1. The minimum absolute atomic E-state index is 0.0265. The fourth-order valence-electron chi connectivity index (χ4n) is 2.20. The molecule has 1 unspecified atom stereocenters. The standard InChI is InChI=1S/C14H20N4OS/c1-9(14-10(2)20-11(3)18-14)17-13(19)6-4-5-12-7-15-16-8-12/h7-9H,4-6H2,1-3H3,(H,15,16)(H,17,19). The number of hydrogen-bond acceptors (Lipinski definition) is 4. The Morgan fingerprint density at radius 1 is 1.50 bits per heavy atom. The number of H-pyrrole nitrogens is 1. The Hall–Kier alpha value is -1.69. The summed E-state index contributed by atoms with van der Waals surface area (Å²) in [6, 6.07) is -0.0265. The molecule has 108 valence electrons.